The lowest BCUT2D eigenvalue weighted by molar-refractivity contribution is -0.207. The molecular formula is C20H39NO6S. The molecule has 5 atom stereocenters. The average Bonchev–Trinajstić information content (AvgIpc) is 3.13. The lowest BCUT2D eigenvalue weighted by atomic mass is 9.79. The maximum Gasteiger partial charge on any atom is 0.175 e. The van der Waals surface area contributed by atoms with E-state index >= 15 is 0 Å². The highest BCUT2D eigenvalue weighted by Gasteiger charge is 2.42. The second-order valence-electron chi connectivity index (χ2n) is 8.54. The Morgan fingerprint density at radius 2 is 1.71 bits per heavy atom. The first-order valence-electron chi connectivity index (χ1n) is 10.7. The van der Waals surface area contributed by atoms with Crippen molar-refractivity contribution in [2.24, 2.45) is 17.8 Å². The Morgan fingerprint density at radius 3 is 2.29 bits per heavy atom. The van der Waals surface area contributed by atoms with E-state index < -0.39 is 31.1 Å². The van der Waals surface area contributed by atoms with Gasteiger partial charge in [0, 0.05) is 12.5 Å². The minimum Gasteiger partial charge on any atom is -0.377 e. The highest BCUT2D eigenvalue weighted by atomic mass is 32.2. The summed E-state index contributed by atoms with van der Waals surface area (Å²) in [6.07, 6.45) is 3.66. The number of aliphatic hydroxyl groups is 4. The molecule has 1 saturated heterocycles. The second kappa shape index (κ2) is 12.1. The number of ether oxygens (including phenoxy) is 1. The fraction of sp³-hybridized carbons (Fsp3) is 1.00. The summed E-state index contributed by atoms with van der Waals surface area (Å²) >= 11 is 1.10. The normalized spacial score (nSPS) is 28.2. The summed E-state index contributed by atoms with van der Waals surface area (Å²) < 4.78 is 11.1. The molecular weight excluding hydrogens is 382 g/mol. The summed E-state index contributed by atoms with van der Waals surface area (Å²) in [7, 11) is 0. The molecule has 2 fully saturated rings. The third kappa shape index (κ3) is 7.09. The van der Waals surface area contributed by atoms with Crippen LogP contribution in [0.25, 0.3) is 0 Å². The Morgan fingerprint density at radius 1 is 1.04 bits per heavy atom. The Bertz CT molecular complexity index is 435. The van der Waals surface area contributed by atoms with Crippen LogP contribution in [0, 0.1) is 17.8 Å². The molecule has 4 N–H and O–H groups in total. The molecule has 2 aliphatic rings. The summed E-state index contributed by atoms with van der Waals surface area (Å²) in [6, 6.07) is -0.443. The van der Waals surface area contributed by atoms with E-state index in [-0.39, 0.29) is 11.7 Å². The summed E-state index contributed by atoms with van der Waals surface area (Å²) in [5, 5.41) is 40.0. The number of nitrogens with zero attached hydrogens (tertiary/aromatic N) is 1. The van der Waals surface area contributed by atoms with E-state index in [9.17, 15) is 20.4 Å². The van der Waals surface area contributed by atoms with Crippen LogP contribution in [0.2, 0.25) is 0 Å². The van der Waals surface area contributed by atoms with Crippen molar-refractivity contribution in [3.8, 4) is 0 Å². The molecule has 28 heavy (non-hydrogen) atoms. The Labute approximate surface area is 173 Å². The van der Waals surface area contributed by atoms with Gasteiger partial charge in [0.15, 0.2) is 18.9 Å². The van der Waals surface area contributed by atoms with Gasteiger partial charge < -0.3 is 25.2 Å². The van der Waals surface area contributed by atoms with E-state index in [2.05, 4.69) is 0 Å². The monoisotopic (exact) mass is 421 g/mol. The van der Waals surface area contributed by atoms with Crippen LogP contribution in [0.4, 0.5) is 0 Å². The van der Waals surface area contributed by atoms with Crippen LogP contribution < -0.4 is 0 Å². The van der Waals surface area contributed by atoms with E-state index in [4.69, 9.17) is 8.92 Å². The van der Waals surface area contributed by atoms with E-state index in [0.29, 0.717) is 31.2 Å². The molecule has 1 heterocycles. The fourth-order valence-electron chi connectivity index (χ4n) is 4.31. The summed E-state index contributed by atoms with van der Waals surface area (Å²) in [5.74, 6) is 1.35. The number of hydrogen-bond acceptors (Lipinski definition) is 8. The van der Waals surface area contributed by atoms with Gasteiger partial charge in [-0.1, -0.05) is 52.9 Å². The van der Waals surface area contributed by atoms with Gasteiger partial charge in [0.2, 0.25) is 0 Å². The first-order chi connectivity index (χ1) is 13.3. The third-order valence-corrected chi connectivity index (χ3v) is 6.78. The molecule has 0 radical (unpaired) electrons. The van der Waals surface area contributed by atoms with Gasteiger partial charge in [-0.2, -0.15) is 0 Å². The first kappa shape index (κ1) is 24.3. The van der Waals surface area contributed by atoms with Crippen LogP contribution in [0.1, 0.15) is 65.7 Å². The molecule has 1 aliphatic heterocycles. The lowest BCUT2D eigenvalue weighted by Gasteiger charge is -2.31. The minimum absolute atomic E-state index is 0.0559. The van der Waals surface area contributed by atoms with Gasteiger partial charge in [-0.05, 0) is 36.7 Å². The van der Waals surface area contributed by atoms with Gasteiger partial charge in [-0.3, -0.25) is 9.08 Å². The third-order valence-electron chi connectivity index (χ3n) is 6.02. The van der Waals surface area contributed by atoms with Gasteiger partial charge in [-0.15, -0.1) is 0 Å². The highest BCUT2D eigenvalue weighted by molar-refractivity contribution is 7.94. The van der Waals surface area contributed by atoms with Crippen molar-refractivity contribution in [3.05, 3.63) is 0 Å². The maximum atomic E-state index is 10.7. The van der Waals surface area contributed by atoms with Crippen LogP contribution >= 0.6 is 12.0 Å². The van der Waals surface area contributed by atoms with Gasteiger partial charge in [0.05, 0.1) is 11.8 Å². The highest BCUT2D eigenvalue weighted by Crippen LogP contribution is 2.39. The molecule has 7 nitrogen and oxygen atoms in total. The predicted molar refractivity (Wildman–Crippen MR) is 109 cm³/mol. The quantitative estimate of drug-likeness (QED) is 0.298. The van der Waals surface area contributed by atoms with Crippen molar-refractivity contribution in [3.63, 3.8) is 0 Å². The summed E-state index contributed by atoms with van der Waals surface area (Å²) in [4.78, 5) is 1.81. The molecule has 0 aromatic rings. The number of hydrogen-bond donors (Lipinski definition) is 4. The van der Waals surface area contributed by atoms with Gasteiger partial charge in [0.25, 0.3) is 0 Å². The largest absolute Gasteiger partial charge is 0.377 e. The molecule has 0 unspecified atom stereocenters. The zero-order valence-electron chi connectivity index (χ0n) is 17.4. The molecule has 0 aromatic heterocycles. The molecule has 0 bridgehead atoms. The van der Waals surface area contributed by atoms with Gasteiger partial charge in [-0.25, -0.2) is 0 Å². The maximum absolute atomic E-state index is 10.7. The predicted octanol–water partition coefficient (Wildman–Crippen LogP) is 2.28. The second-order valence-corrected chi connectivity index (χ2v) is 9.31. The number of aliphatic hydroxyl groups excluding tert-OH is 3. The summed E-state index contributed by atoms with van der Waals surface area (Å²) in [6.45, 7) is 6.40. The van der Waals surface area contributed by atoms with Crippen LogP contribution in [0.15, 0.2) is 0 Å². The van der Waals surface area contributed by atoms with Crippen molar-refractivity contribution in [1.82, 2.24) is 4.90 Å². The standard InChI is InChI=1S/C20H39NO6S/c1-4-18(23)26-20(13(2)3)27-28-12-17(22)21-11-15(10-16(21)19(24)25)14-8-6-5-7-9-14/h13-20,22-25H,4-12H2,1-3H3/t15-,16+,17-,18-,20-/m1/s1. The van der Waals surface area contributed by atoms with Crippen LogP contribution in [0.5, 0.6) is 0 Å². The lowest BCUT2D eigenvalue weighted by Crippen LogP contribution is -2.46. The molecule has 1 saturated carbocycles. The fourth-order valence-corrected chi connectivity index (χ4v) is 5.11. The van der Waals surface area contributed by atoms with Crippen molar-refractivity contribution in [2.45, 2.75) is 96.9 Å². The Balaban J connectivity index is 1.85. The van der Waals surface area contributed by atoms with Gasteiger partial charge in [0.1, 0.15) is 6.23 Å². The average molecular weight is 422 g/mol. The van der Waals surface area contributed by atoms with E-state index in [1.807, 2.05) is 25.7 Å². The van der Waals surface area contributed by atoms with Crippen molar-refractivity contribution < 1.29 is 29.3 Å². The topological polar surface area (TPSA) is 103 Å². The molecule has 0 aromatic carbocycles. The smallest absolute Gasteiger partial charge is 0.175 e. The Kier molecular flexibility index (Phi) is 10.5. The first-order valence-corrected chi connectivity index (χ1v) is 11.7. The zero-order chi connectivity index (χ0) is 20.7. The number of rotatable bonds is 11. The van der Waals surface area contributed by atoms with Crippen molar-refractivity contribution in [1.29, 1.82) is 0 Å². The Hall–Kier alpha value is 0.0700. The van der Waals surface area contributed by atoms with E-state index in [1.165, 1.54) is 32.1 Å². The van der Waals surface area contributed by atoms with Crippen LogP contribution in [-0.2, 0) is 8.92 Å². The minimum atomic E-state index is -1.46. The molecule has 166 valence electrons. The molecule has 1 aliphatic carbocycles. The van der Waals surface area contributed by atoms with Crippen molar-refractivity contribution in [2.75, 3.05) is 12.3 Å². The van der Waals surface area contributed by atoms with Crippen molar-refractivity contribution >= 4 is 12.0 Å². The van der Waals surface area contributed by atoms with Crippen LogP contribution in [-0.4, -0.2) is 68.8 Å². The zero-order valence-corrected chi connectivity index (χ0v) is 18.3. The molecule has 2 rings (SSSR count). The molecule has 8 heteroatoms. The van der Waals surface area contributed by atoms with E-state index in [1.54, 1.807) is 0 Å². The molecule has 0 spiro atoms. The number of likely N-dealkylation sites (tertiary alicyclic amines) is 1. The summed E-state index contributed by atoms with van der Waals surface area (Å²) in [5.41, 5.74) is 0. The van der Waals surface area contributed by atoms with E-state index in [0.717, 1.165) is 12.0 Å². The molecule has 0 amide bonds. The van der Waals surface area contributed by atoms with Gasteiger partial charge >= 0.3 is 0 Å². The van der Waals surface area contributed by atoms with Crippen LogP contribution in [0.3, 0.4) is 0 Å². The SMILES string of the molecule is CC[C@H](O)O[C@H](OSC[C@@H](O)N1C[C@H](C2CCCCC2)C[C@H]1C(O)O)C(C)C.